The van der Waals surface area contributed by atoms with Crippen LogP contribution in [0.2, 0.25) is 0 Å². The molecule has 1 aliphatic rings. The first-order valence-electron chi connectivity index (χ1n) is 7.02. The van der Waals surface area contributed by atoms with Gasteiger partial charge in [0.15, 0.2) is 0 Å². The van der Waals surface area contributed by atoms with Gasteiger partial charge in [0.25, 0.3) is 0 Å². The van der Waals surface area contributed by atoms with Gasteiger partial charge in [0.1, 0.15) is 5.60 Å². The van der Waals surface area contributed by atoms with Crippen molar-refractivity contribution in [1.82, 2.24) is 4.90 Å². The first-order chi connectivity index (χ1) is 8.97. The van der Waals surface area contributed by atoms with Gasteiger partial charge in [-0.15, -0.1) is 0 Å². The zero-order valence-electron chi connectivity index (χ0n) is 12.1. The molecule has 0 radical (unpaired) electrons. The third-order valence-electron chi connectivity index (χ3n) is 3.32. The lowest BCUT2D eigenvalue weighted by Gasteiger charge is -2.37. The number of hydrogen-bond donors (Lipinski definition) is 0. The zero-order chi connectivity index (χ0) is 13.9. The predicted octanol–water partition coefficient (Wildman–Crippen LogP) is 4.15. The van der Waals surface area contributed by atoms with Gasteiger partial charge < -0.3 is 9.64 Å². The number of nitrogens with zero attached hydrogens (tertiary/aromatic N) is 1. The number of amides is 1. The molecule has 3 heteroatoms. The summed E-state index contributed by atoms with van der Waals surface area (Å²) in [5, 5.41) is 0. The molecule has 1 heterocycles. The van der Waals surface area contributed by atoms with E-state index in [-0.39, 0.29) is 12.1 Å². The Morgan fingerprint density at radius 3 is 2.53 bits per heavy atom. The number of likely N-dealkylation sites (tertiary alicyclic amines) is 1. The molecule has 19 heavy (non-hydrogen) atoms. The number of benzene rings is 1. The van der Waals surface area contributed by atoms with Crippen molar-refractivity contribution in [3.05, 3.63) is 35.9 Å². The molecule has 3 nitrogen and oxygen atoms in total. The Morgan fingerprint density at radius 1 is 1.21 bits per heavy atom. The summed E-state index contributed by atoms with van der Waals surface area (Å²) >= 11 is 0. The van der Waals surface area contributed by atoms with Crippen LogP contribution in [0.5, 0.6) is 0 Å². The lowest BCUT2D eigenvalue weighted by Crippen LogP contribution is -2.41. The van der Waals surface area contributed by atoms with E-state index in [1.165, 1.54) is 12.0 Å². The average molecular weight is 261 g/mol. The molecular formula is C16H23NO2. The summed E-state index contributed by atoms with van der Waals surface area (Å²) in [6.45, 7) is 6.51. The molecule has 1 atom stereocenters. The van der Waals surface area contributed by atoms with Crippen LogP contribution in [0.15, 0.2) is 30.3 Å². The number of hydrogen-bond acceptors (Lipinski definition) is 2. The van der Waals surface area contributed by atoms with Gasteiger partial charge in [-0.1, -0.05) is 30.3 Å². The number of carbonyl (C=O) groups excluding carboxylic acids is 1. The summed E-state index contributed by atoms with van der Waals surface area (Å²) in [4.78, 5) is 14.2. The van der Waals surface area contributed by atoms with Crippen LogP contribution in [0.1, 0.15) is 51.6 Å². The Morgan fingerprint density at radius 2 is 1.89 bits per heavy atom. The molecule has 104 valence electrons. The van der Waals surface area contributed by atoms with Crippen molar-refractivity contribution in [2.24, 2.45) is 0 Å². The van der Waals surface area contributed by atoms with Crippen molar-refractivity contribution in [2.75, 3.05) is 6.54 Å². The fourth-order valence-corrected chi connectivity index (χ4v) is 2.49. The van der Waals surface area contributed by atoms with Crippen LogP contribution in [0, 0.1) is 0 Å². The highest BCUT2D eigenvalue weighted by Crippen LogP contribution is 2.31. The molecule has 0 aromatic heterocycles. The maximum atomic E-state index is 12.3. The van der Waals surface area contributed by atoms with Crippen LogP contribution >= 0.6 is 0 Å². The Kier molecular flexibility index (Phi) is 4.13. The summed E-state index contributed by atoms with van der Waals surface area (Å²) in [5.41, 5.74) is 0.767. The van der Waals surface area contributed by atoms with E-state index in [2.05, 4.69) is 12.1 Å². The molecule has 0 N–H and O–H groups in total. The van der Waals surface area contributed by atoms with Crippen LogP contribution in [0.4, 0.5) is 4.79 Å². The van der Waals surface area contributed by atoms with Crippen LogP contribution < -0.4 is 0 Å². The lowest BCUT2D eigenvalue weighted by molar-refractivity contribution is 0.00952. The number of carbonyl (C=O) groups is 1. The summed E-state index contributed by atoms with van der Waals surface area (Å²) in [6.07, 6.45) is 3.05. The van der Waals surface area contributed by atoms with E-state index in [1.54, 1.807) is 0 Å². The number of piperidine rings is 1. The minimum absolute atomic E-state index is 0.157. The third kappa shape index (κ3) is 3.72. The van der Waals surface area contributed by atoms with E-state index in [1.807, 2.05) is 43.9 Å². The first kappa shape index (κ1) is 13.9. The van der Waals surface area contributed by atoms with E-state index in [4.69, 9.17) is 4.74 Å². The molecule has 0 bridgehead atoms. The van der Waals surface area contributed by atoms with Gasteiger partial charge in [-0.2, -0.15) is 0 Å². The molecule has 1 aliphatic heterocycles. The highest BCUT2D eigenvalue weighted by molar-refractivity contribution is 5.69. The fourth-order valence-electron chi connectivity index (χ4n) is 2.49. The van der Waals surface area contributed by atoms with Gasteiger partial charge in [0.2, 0.25) is 0 Å². The summed E-state index contributed by atoms with van der Waals surface area (Å²) < 4.78 is 5.52. The number of rotatable bonds is 1. The predicted molar refractivity (Wildman–Crippen MR) is 76.0 cm³/mol. The Labute approximate surface area is 115 Å². The van der Waals surface area contributed by atoms with Gasteiger partial charge in [-0.3, -0.25) is 0 Å². The van der Waals surface area contributed by atoms with E-state index in [9.17, 15) is 4.79 Å². The minimum Gasteiger partial charge on any atom is -0.444 e. The van der Waals surface area contributed by atoms with Gasteiger partial charge in [0.05, 0.1) is 6.04 Å². The van der Waals surface area contributed by atoms with E-state index in [0.29, 0.717) is 0 Å². The normalized spacial score (nSPS) is 20.2. The molecule has 0 saturated carbocycles. The highest BCUT2D eigenvalue weighted by atomic mass is 16.6. The second kappa shape index (κ2) is 5.64. The van der Waals surface area contributed by atoms with Gasteiger partial charge in [0, 0.05) is 6.54 Å². The molecule has 0 aliphatic carbocycles. The topological polar surface area (TPSA) is 29.5 Å². The molecule has 1 aromatic carbocycles. The second-order valence-corrected chi connectivity index (χ2v) is 6.10. The van der Waals surface area contributed by atoms with Crippen molar-refractivity contribution in [2.45, 2.75) is 51.7 Å². The molecule has 1 amide bonds. The van der Waals surface area contributed by atoms with Crippen molar-refractivity contribution in [1.29, 1.82) is 0 Å². The Balaban J connectivity index is 2.15. The zero-order valence-corrected chi connectivity index (χ0v) is 12.1. The standard InChI is InChI=1S/C16H23NO2/c1-16(2,3)19-15(18)17-12-8-7-11-14(17)13-9-5-4-6-10-13/h4-6,9-10,14H,7-8,11-12H2,1-3H3/t14-/m0/s1. The SMILES string of the molecule is CC(C)(C)OC(=O)N1CCCC[C@H]1c1ccccc1. The van der Waals surface area contributed by atoms with Crippen molar-refractivity contribution < 1.29 is 9.53 Å². The van der Waals surface area contributed by atoms with Crippen LogP contribution in [0.3, 0.4) is 0 Å². The maximum Gasteiger partial charge on any atom is 0.410 e. The second-order valence-electron chi connectivity index (χ2n) is 6.10. The molecule has 0 spiro atoms. The minimum atomic E-state index is -0.435. The largest absolute Gasteiger partial charge is 0.444 e. The van der Waals surface area contributed by atoms with Gasteiger partial charge in [-0.05, 0) is 45.6 Å². The highest BCUT2D eigenvalue weighted by Gasteiger charge is 2.31. The molecule has 1 aromatic rings. The monoisotopic (exact) mass is 261 g/mol. The van der Waals surface area contributed by atoms with E-state index < -0.39 is 5.60 Å². The molecule has 1 saturated heterocycles. The summed E-state index contributed by atoms with van der Waals surface area (Å²) in [5.74, 6) is 0. The summed E-state index contributed by atoms with van der Waals surface area (Å²) in [7, 11) is 0. The van der Waals surface area contributed by atoms with E-state index in [0.717, 1.165) is 19.4 Å². The first-order valence-corrected chi connectivity index (χ1v) is 7.02. The van der Waals surface area contributed by atoms with Crippen LogP contribution in [-0.4, -0.2) is 23.1 Å². The van der Waals surface area contributed by atoms with Gasteiger partial charge >= 0.3 is 6.09 Å². The number of ether oxygens (including phenoxy) is 1. The van der Waals surface area contributed by atoms with Crippen molar-refractivity contribution >= 4 is 6.09 Å². The average Bonchev–Trinajstić information content (AvgIpc) is 2.38. The van der Waals surface area contributed by atoms with Crippen LogP contribution in [-0.2, 0) is 4.74 Å². The van der Waals surface area contributed by atoms with E-state index >= 15 is 0 Å². The Hall–Kier alpha value is -1.51. The smallest absolute Gasteiger partial charge is 0.410 e. The lowest BCUT2D eigenvalue weighted by atomic mass is 9.96. The van der Waals surface area contributed by atoms with Crippen molar-refractivity contribution in [3.63, 3.8) is 0 Å². The molecular weight excluding hydrogens is 238 g/mol. The van der Waals surface area contributed by atoms with Crippen molar-refractivity contribution in [3.8, 4) is 0 Å². The fraction of sp³-hybridized carbons (Fsp3) is 0.562. The third-order valence-corrected chi connectivity index (χ3v) is 3.32. The Bertz CT molecular complexity index is 422. The molecule has 2 rings (SSSR count). The maximum absolute atomic E-state index is 12.3. The molecule has 1 fully saturated rings. The van der Waals surface area contributed by atoms with Crippen LogP contribution in [0.25, 0.3) is 0 Å². The quantitative estimate of drug-likeness (QED) is 0.760. The molecule has 0 unspecified atom stereocenters. The van der Waals surface area contributed by atoms with Gasteiger partial charge in [-0.25, -0.2) is 4.79 Å². The summed E-state index contributed by atoms with van der Waals surface area (Å²) in [6, 6.07) is 10.4.